The number of fused-ring (bicyclic) bond motifs is 3. The molecule has 2 heterocycles. The second-order valence-electron chi connectivity index (χ2n) is 6.05. The van der Waals surface area contributed by atoms with Crippen LogP contribution in [0.1, 0.15) is 31.0 Å². The fourth-order valence-corrected chi connectivity index (χ4v) is 4.93. The molecule has 0 aromatic heterocycles. The number of hydrogen-bond donors (Lipinski definition) is 0. The Labute approximate surface area is 119 Å². The molecule has 0 N–H and O–H groups in total. The molecule has 1 atom stereocenters. The molecular weight excluding hydrogens is 279 g/mol. The van der Waals surface area contributed by atoms with E-state index >= 15 is 0 Å². The highest BCUT2D eigenvalue weighted by Crippen LogP contribution is 2.38. The van der Waals surface area contributed by atoms with Crippen molar-refractivity contribution < 1.29 is 12.8 Å². The zero-order valence-corrected chi connectivity index (χ0v) is 12.5. The lowest BCUT2D eigenvalue weighted by atomic mass is 10.1. The van der Waals surface area contributed by atoms with Gasteiger partial charge in [0.1, 0.15) is 5.82 Å². The van der Waals surface area contributed by atoms with Crippen molar-refractivity contribution in [2.45, 2.75) is 26.4 Å². The Hall–Kier alpha value is -0.980. The summed E-state index contributed by atoms with van der Waals surface area (Å²) in [4.78, 5) is 2.12. The maximum absolute atomic E-state index is 13.3. The van der Waals surface area contributed by atoms with Crippen LogP contribution in [-0.2, 0) is 16.6 Å². The van der Waals surface area contributed by atoms with E-state index in [2.05, 4.69) is 4.90 Å². The van der Waals surface area contributed by atoms with Crippen molar-refractivity contribution >= 4 is 10.0 Å². The van der Waals surface area contributed by atoms with Crippen LogP contribution >= 0.6 is 0 Å². The van der Waals surface area contributed by atoms with Gasteiger partial charge in [-0.15, -0.1) is 0 Å². The molecule has 6 heteroatoms. The minimum Gasteiger partial charge on any atom is -0.277 e. The summed E-state index contributed by atoms with van der Waals surface area (Å²) >= 11 is 0. The molecule has 0 saturated carbocycles. The van der Waals surface area contributed by atoms with Crippen LogP contribution in [0.3, 0.4) is 0 Å². The molecule has 4 nitrogen and oxygen atoms in total. The minimum absolute atomic E-state index is 0.0956. The van der Waals surface area contributed by atoms with E-state index in [1.54, 1.807) is 10.4 Å². The van der Waals surface area contributed by atoms with Gasteiger partial charge in [-0.2, -0.15) is 4.31 Å². The molecule has 2 aliphatic rings. The van der Waals surface area contributed by atoms with Gasteiger partial charge in [0.05, 0.1) is 18.5 Å². The first kappa shape index (κ1) is 14.0. The maximum atomic E-state index is 13.3. The number of hydrogen-bond acceptors (Lipinski definition) is 3. The van der Waals surface area contributed by atoms with Gasteiger partial charge in [-0.3, -0.25) is 4.90 Å². The molecule has 1 fully saturated rings. The van der Waals surface area contributed by atoms with E-state index in [9.17, 15) is 12.8 Å². The van der Waals surface area contributed by atoms with Gasteiger partial charge in [-0.05, 0) is 29.2 Å². The molecule has 0 bridgehead atoms. The first-order chi connectivity index (χ1) is 9.37. The van der Waals surface area contributed by atoms with Crippen molar-refractivity contribution in [3.63, 3.8) is 0 Å². The Kier molecular flexibility index (Phi) is 3.35. The molecule has 20 heavy (non-hydrogen) atoms. The topological polar surface area (TPSA) is 40.6 Å². The zero-order chi connectivity index (χ0) is 14.5. The lowest BCUT2D eigenvalue weighted by molar-refractivity contribution is 0.134. The predicted octanol–water partition coefficient (Wildman–Crippen LogP) is 1.94. The molecule has 0 aliphatic carbocycles. The molecule has 0 amide bonds. The monoisotopic (exact) mass is 298 g/mol. The minimum atomic E-state index is -3.23. The Balaban J connectivity index is 1.90. The van der Waals surface area contributed by atoms with Crippen LogP contribution in [0.25, 0.3) is 0 Å². The summed E-state index contributed by atoms with van der Waals surface area (Å²) in [5.41, 5.74) is 1.87. The number of sulfonamides is 1. The van der Waals surface area contributed by atoms with Crippen molar-refractivity contribution in [1.82, 2.24) is 9.21 Å². The summed E-state index contributed by atoms with van der Waals surface area (Å²) < 4.78 is 39.6. The summed E-state index contributed by atoms with van der Waals surface area (Å²) in [7, 11) is -3.23. The van der Waals surface area contributed by atoms with Crippen LogP contribution in [0.2, 0.25) is 0 Å². The van der Waals surface area contributed by atoms with Gasteiger partial charge in [-0.1, -0.05) is 19.9 Å². The Morgan fingerprint density at radius 3 is 2.85 bits per heavy atom. The highest BCUT2D eigenvalue weighted by molar-refractivity contribution is 7.89. The molecule has 2 aliphatic heterocycles. The molecule has 3 rings (SSSR count). The van der Waals surface area contributed by atoms with Gasteiger partial charge in [0.2, 0.25) is 10.0 Å². The van der Waals surface area contributed by atoms with Crippen LogP contribution in [0.5, 0.6) is 0 Å². The van der Waals surface area contributed by atoms with Crippen LogP contribution < -0.4 is 0 Å². The highest BCUT2D eigenvalue weighted by Gasteiger charge is 2.42. The largest absolute Gasteiger partial charge is 0.277 e. The molecular formula is C14H19FN2O2S. The van der Waals surface area contributed by atoms with E-state index in [4.69, 9.17) is 0 Å². The Morgan fingerprint density at radius 1 is 1.40 bits per heavy atom. The predicted molar refractivity (Wildman–Crippen MR) is 74.9 cm³/mol. The molecule has 0 radical (unpaired) electrons. The smallest absolute Gasteiger partial charge is 0.217 e. The highest BCUT2D eigenvalue weighted by atomic mass is 32.2. The fraction of sp³-hybridized carbons (Fsp3) is 0.571. The third kappa shape index (κ3) is 2.36. The van der Waals surface area contributed by atoms with Crippen LogP contribution in [0.15, 0.2) is 18.2 Å². The van der Waals surface area contributed by atoms with Gasteiger partial charge in [0, 0.05) is 13.1 Å². The average molecular weight is 298 g/mol. The number of nitrogens with zero attached hydrogens (tertiary/aromatic N) is 2. The number of benzene rings is 1. The lowest BCUT2D eigenvalue weighted by Gasteiger charge is -2.37. The van der Waals surface area contributed by atoms with Crippen molar-refractivity contribution in [2.75, 3.05) is 19.0 Å². The molecule has 110 valence electrons. The Bertz CT molecular complexity index is 630. The van der Waals surface area contributed by atoms with Gasteiger partial charge in [-0.25, -0.2) is 12.8 Å². The first-order valence-electron chi connectivity index (χ1n) is 6.87. The quantitative estimate of drug-likeness (QED) is 0.838. The SMILES string of the molecule is CC(C)CN1CN2Cc3cc(F)ccc3C2CS1(=O)=O. The Morgan fingerprint density at radius 2 is 2.15 bits per heavy atom. The summed E-state index contributed by atoms with van der Waals surface area (Å²) in [6, 6.07) is 4.53. The second kappa shape index (κ2) is 4.79. The second-order valence-corrected chi connectivity index (χ2v) is 8.07. The van der Waals surface area contributed by atoms with Gasteiger partial charge < -0.3 is 0 Å². The summed E-state index contributed by atoms with van der Waals surface area (Å²) in [5.74, 6) is 0.132. The fourth-order valence-electron chi connectivity index (χ4n) is 3.08. The van der Waals surface area contributed by atoms with E-state index in [0.29, 0.717) is 25.7 Å². The van der Waals surface area contributed by atoms with E-state index < -0.39 is 10.0 Å². The molecule has 1 aromatic rings. The summed E-state index contributed by atoms with van der Waals surface area (Å²) in [6.45, 7) is 5.59. The summed E-state index contributed by atoms with van der Waals surface area (Å²) in [6.07, 6.45) is 0. The molecule has 1 aromatic carbocycles. The van der Waals surface area contributed by atoms with Crippen molar-refractivity contribution in [2.24, 2.45) is 5.92 Å². The molecule has 0 spiro atoms. The van der Waals surface area contributed by atoms with Crippen LogP contribution in [0.4, 0.5) is 4.39 Å². The molecule has 1 unspecified atom stereocenters. The van der Waals surface area contributed by atoms with E-state index in [1.807, 2.05) is 13.8 Å². The summed E-state index contributed by atoms with van der Waals surface area (Å²) in [5, 5.41) is 0. The average Bonchev–Trinajstić information content (AvgIpc) is 2.64. The number of rotatable bonds is 2. The normalized spacial score (nSPS) is 25.7. The third-order valence-electron chi connectivity index (χ3n) is 3.95. The first-order valence-corrected chi connectivity index (χ1v) is 8.48. The third-order valence-corrected chi connectivity index (χ3v) is 5.74. The number of halogens is 1. The van der Waals surface area contributed by atoms with E-state index in [1.165, 1.54) is 12.1 Å². The zero-order valence-electron chi connectivity index (χ0n) is 11.7. The van der Waals surface area contributed by atoms with Crippen molar-refractivity contribution in [3.05, 3.63) is 35.1 Å². The van der Waals surface area contributed by atoms with Gasteiger partial charge in [0.25, 0.3) is 0 Å². The van der Waals surface area contributed by atoms with Gasteiger partial charge in [0.15, 0.2) is 0 Å². The van der Waals surface area contributed by atoms with Crippen molar-refractivity contribution in [1.29, 1.82) is 0 Å². The lowest BCUT2D eigenvalue weighted by Crippen LogP contribution is -2.50. The van der Waals surface area contributed by atoms with Crippen molar-refractivity contribution in [3.8, 4) is 0 Å². The maximum Gasteiger partial charge on any atom is 0.217 e. The molecule has 1 saturated heterocycles. The van der Waals surface area contributed by atoms with Gasteiger partial charge >= 0.3 is 0 Å². The van der Waals surface area contributed by atoms with Crippen LogP contribution in [0, 0.1) is 11.7 Å². The van der Waals surface area contributed by atoms with E-state index in [0.717, 1.165) is 11.1 Å². The van der Waals surface area contributed by atoms with E-state index in [-0.39, 0.29) is 17.6 Å². The van der Waals surface area contributed by atoms with Crippen LogP contribution in [-0.4, -0.2) is 36.6 Å². The standard InChI is InChI=1S/C14H19FN2O2S/c1-10(2)6-17-9-16-7-11-5-12(15)3-4-13(11)14(16)8-20(17,18)19/h3-5,10,14H,6-9H2,1-2H3.